The van der Waals surface area contributed by atoms with Crippen LogP contribution < -0.4 is 10.6 Å². The lowest BCUT2D eigenvalue weighted by molar-refractivity contribution is -0.384. The molecule has 0 aliphatic heterocycles. The van der Waals surface area contributed by atoms with Gasteiger partial charge in [0.25, 0.3) is 11.6 Å². The summed E-state index contributed by atoms with van der Waals surface area (Å²) in [4.78, 5) is 35.0. The first-order valence-corrected chi connectivity index (χ1v) is 9.21. The minimum absolute atomic E-state index is 0.0926. The average molecular weight is 359 g/mol. The summed E-state index contributed by atoms with van der Waals surface area (Å²) in [5, 5.41) is 16.5. The zero-order chi connectivity index (χ0) is 18.8. The van der Waals surface area contributed by atoms with Crippen LogP contribution in [0, 0.1) is 27.9 Å². The number of carbonyl (C=O) groups is 2. The summed E-state index contributed by atoms with van der Waals surface area (Å²) in [6.07, 6.45) is 5.04. The van der Waals surface area contributed by atoms with Crippen molar-refractivity contribution in [3.8, 4) is 0 Å². The number of carbonyl (C=O) groups excluding carboxylic acids is 2. The van der Waals surface area contributed by atoms with Gasteiger partial charge in [0, 0.05) is 23.7 Å². The van der Waals surface area contributed by atoms with Crippen molar-refractivity contribution in [3.05, 3.63) is 39.9 Å². The zero-order valence-electron chi connectivity index (χ0n) is 15.1. The van der Waals surface area contributed by atoms with Gasteiger partial charge in [0.15, 0.2) is 0 Å². The molecule has 0 heterocycles. The van der Waals surface area contributed by atoms with Crippen LogP contribution in [0.15, 0.2) is 24.3 Å². The van der Waals surface area contributed by atoms with Gasteiger partial charge in [-0.25, -0.2) is 0 Å². The summed E-state index contributed by atoms with van der Waals surface area (Å²) in [6.45, 7) is 3.66. The lowest BCUT2D eigenvalue weighted by Crippen LogP contribution is -2.49. The van der Waals surface area contributed by atoms with E-state index in [1.807, 2.05) is 6.92 Å². The van der Waals surface area contributed by atoms with Crippen LogP contribution >= 0.6 is 0 Å². The normalized spacial score (nSPS) is 26.2. The summed E-state index contributed by atoms with van der Waals surface area (Å²) < 4.78 is 0. The van der Waals surface area contributed by atoms with Crippen molar-refractivity contribution < 1.29 is 14.5 Å². The first kappa shape index (κ1) is 18.4. The van der Waals surface area contributed by atoms with Gasteiger partial charge in [-0.05, 0) is 56.9 Å². The number of hydrogen-bond donors (Lipinski definition) is 2. The Bertz CT molecular complexity index is 720. The molecule has 2 amide bonds. The molecule has 2 bridgehead atoms. The zero-order valence-corrected chi connectivity index (χ0v) is 15.1. The fourth-order valence-electron chi connectivity index (χ4n) is 4.47. The van der Waals surface area contributed by atoms with Crippen molar-refractivity contribution in [1.82, 2.24) is 10.6 Å². The predicted molar refractivity (Wildman–Crippen MR) is 96.6 cm³/mol. The third-order valence-corrected chi connectivity index (χ3v) is 5.86. The Morgan fingerprint density at radius 3 is 2.58 bits per heavy atom. The lowest BCUT2D eigenvalue weighted by atomic mass is 9.84. The monoisotopic (exact) mass is 359 g/mol. The van der Waals surface area contributed by atoms with Gasteiger partial charge in [0.1, 0.15) is 6.04 Å². The Morgan fingerprint density at radius 1 is 1.19 bits per heavy atom. The van der Waals surface area contributed by atoms with Gasteiger partial charge >= 0.3 is 0 Å². The van der Waals surface area contributed by atoms with E-state index in [1.165, 1.54) is 49.9 Å². The van der Waals surface area contributed by atoms with E-state index in [0.717, 1.165) is 5.92 Å². The maximum atomic E-state index is 12.4. The van der Waals surface area contributed by atoms with Crippen molar-refractivity contribution in [2.45, 2.75) is 51.6 Å². The van der Waals surface area contributed by atoms with Gasteiger partial charge in [-0.1, -0.05) is 12.5 Å². The number of nitro groups is 1. The molecule has 2 aliphatic rings. The minimum Gasteiger partial charge on any atom is -0.352 e. The molecule has 140 valence electrons. The summed E-state index contributed by atoms with van der Waals surface area (Å²) >= 11 is 0. The minimum atomic E-state index is -0.706. The van der Waals surface area contributed by atoms with Crippen molar-refractivity contribution in [3.63, 3.8) is 0 Å². The van der Waals surface area contributed by atoms with Gasteiger partial charge in [0.05, 0.1) is 4.92 Å². The van der Waals surface area contributed by atoms with Gasteiger partial charge in [0.2, 0.25) is 5.91 Å². The molecule has 0 saturated heterocycles. The standard InChI is InChI=1S/C19H25N3O4/c1-11(17-9-13-6-7-14(17)8-13)20-18(23)12(2)21-19(24)15-4-3-5-16(10-15)22(25)26/h3-5,10-14,17H,6-9H2,1-2H3,(H,20,23)(H,21,24). The molecule has 1 aromatic rings. The third-order valence-electron chi connectivity index (χ3n) is 5.86. The summed E-state index contributed by atoms with van der Waals surface area (Å²) in [5.41, 5.74) is 0.0136. The van der Waals surface area contributed by atoms with Crippen LogP contribution in [0.2, 0.25) is 0 Å². The number of rotatable bonds is 6. The van der Waals surface area contributed by atoms with Crippen molar-refractivity contribution in [1.29, 1.82) is 0 Å². The smallest absolute Gasteiger partial charge is 0.270 e. The number of nitrogens with zero attached hydrogens (tertiary/aromatic N) is 1. The SMILES string of the molecule is CC(NC(=O)c1cccc([N+](=O)[O-])c1)C(=O)NC(C)C1CC2CCC1C2. The number of amides is 2. The third kappa shape index (κ3) is 3.86. The molecule has 2 fully saturated rings. The number of hydrogen-bond acceptors (Lipinski definition) is 4. The predicted octanol–water partition coefficient (Wildman–Crippen LogP) is 2.65. The molecule has 5 atom stereocenters. The van der Waals surface area contributed by atoms with E-state index in [-0.39, 0.29) is 23.2 Å². The molecule has 0 spiro atoms. The lowest BCUT2D eigenvalue weighted by Gasteiger charge is -2.29. The highest BCUT2D eigenvalue weighted by molar-refractivity contribution is 5.97. The molecule has 2 aliphatic carbocycles. The van der Waals surface area contributed by atoms with Crippen LogP contribution in [0.1, 0.15) is 49.9 Å². The van der Waals surface area contributed by atoms with E-state index in [9.17, 15) is 19.7 Å². The molecule has 2 saturated carbocycles. The van der Waals surface area contributed by atoms with Gasteiger partial charge in [-0.3, -0.25) is 19.7 Å². The molecular weight excluding hydrogens is 334 g/mol. The van der Waals surface area contributed by atoms with Crippen LogP contribution in [-0.4, -0.2) is 28.8 Å². The van der Waals surface area contributed by atoms with Gasteiger partial charge in [-0.2, -0.15) is 0 Å². The molecule has 5 unspecified atom stereocenters. The maximum Gasteiger partial charge on any atom is 0.270 e. The molecule has 0 aromatic heterocycles. The van der Waals surface area contributed by atoms with Crippen LogP contribution in [0.3, 0.4) is 0 Å². The number of fused-ring (bicyclic) bond motifs is 2. The molecule has 2 N–H and O–H groups in total. The van der Waals surface area contributed by atoms with Crippen LogP contribution in [-0.2, 0) is 4.79 Å². The van der Waals surface area contributed by atoms with E-state index in [2.05, 4.69) is 10.6 Å². The Labute approximate surface area is 152 Å². The largest absolute Gasteiger partial charge is 0.352 e. The van der Waals surface area contributed by atoms with E-state index in [4.69, 9.17) is 0 Å². The van der Waals surface area contributed by atoms with E-state index in [1.54, 1.807) is 6.92 Å². The van der Waals surface area contributed by atoms with E-state index < -0.39 is 16.9 Å². The highest BCUT2D eigenvalue weighted by Gasteiger charge is 2.42. The molecule has 7 heteroatoms. The topological polar surface area (TPSA) is 101 Å². The molecule has 1 aromatic carbocycles. The number of non-ortho nitro benzene ring substituents is 1. The fourth-order valence-corrected chi connectivity index (χ4v) is 4.47. The number of nitrogens with one attached hydrogen (secondary N) is 2. The van der Waals surface area contributed by atoms with Crippen molar-refractivity contribution in [2.24, 2.45) is 17.8 Å². The van der Waals surface area contributed by atoms with Crippen LogP contribution in [0.5, 0.6) is 0 Å². The van der Waals surface area contributed by atoms with E-state index in [0.29, 0.717) is 11.8 Å². The Kier molecular flexibility index (Phi) is 5.25. The van der Waals surface area contributed by atoms with Crippen molar-refractivity contribution >= 4 is 17.5 Å². The highest BCUT2D eigenvalue weighted by atomic mass is 16.6. The first-order chi connectivity index (χ1) is 12.3. The maximum absolute atomic E-state index is 12.4. The summed E-state index contributed by atoms with van der Waals surface area (Å²) in [5.74, 6) is 1.33. The van der Waals surface area contributed by atoms with Crippen molar-refractivity contribution in [2.75, 3.05) is 0 Å². The first-order valence-electron chi connectivity index (χ1n) is 9.21. The quantitative estimate of drug-likeness (QED) is 0.602. The second kappa shape index (κ2) is 7.43. The molecule has 26 heavy (non-hydrogen) atoms. The number of nitro benzene ring substituents is 1. The van der Waals surface area contributed by atoms with E-state index >= 15 is 0 Å². The average Bonchev–Trinajstić information content (AvgIpc) is 3.25. The Morgan fingerprint density at radius 2 is 1.96 bits per heavy atom. The molecular formula is C19H25N3O4. The fraction of sp³-hybridized carbons (Fsp3) is 0.579. The van der Waals surface area contributed by atoms with Crippen LogP contribution in [0.4, 0.5) is 5.69 Å². The Balaban J connectivity index is 1.54. The van der Waals surface area contributed by atoms with Gasteiger partial charge in [-0.15, -0.1) is 0 Å². The molecule has 0 radical (unpaired) electrons. The summed E-state index contributed by atoms with van der Waals surface area (Å²) in [7, 11) is 0. The number of benzene rings is 1. The molecule has 3 rings (SSSR count). The highest BCUT2D eigenvalue weighted by Crippen LogP contribution is 2.49. The molecule has 7 nitrogen and oxygen atoms in total. The second-order valence-corrected chi connectivity index (χ2v) is 7.64. The Hall–Kier alpha value is -2.44. The van der Waals surface area contributed by atoms with Gasteiger partial charge < -0.3 is 10.6 Å². The van der Waals surface area contributed by atoms with Crippen LogP contribution in [0.25, 0.3) is 0 Å². The summed E-state index contributed by atoms with van der Waals surface area (Å²) in [6, 6.07) is 4.86. The second-order valence-electron chi connectivity index (χ2n) is 7.64.